The highest BCUT2D eigenvalue weighted by Gasteiger charge is 2.14. The van der Waals surface area contributed by atoms with Crippen molar-refractivity contribution in [1.29, 1.82) is 0 Å². The van der Waals surface area contributed by atoms with Crippen LogP contribution in [0, 0.1) is 11.8 Å². The Morgan fingerprint density at radius 2 is 1.83 bits per heavy atom. The Morgan fingerprint density at radius 1 is 1.17 bits per heavy atom. The summed E-state index contributed by atoms with van der Waals surface area (Å²) in [7, 11) is 1.83. The van der Waals surface area contributed by atoms with Crippen molar-refractivity contribution >= 4 is 5.96 Å². The van der Waals surface area contributed by atoms with Gasteiger partial charge in [-0.25, -0.2) is 0 Å². The summed E-state index contributed by atoms with van der Waals surface area (Å²) in [6.07, 6.45) is 4.90. The molecule has 5 nitrogen and oxygen atoms in total. The fourth-order valence-corrected chi connectivity index (χ4v) is 2.72. The Kier molecular flexibility index (Phi) is 11.1. The van der Waals surface area contributed by atoms with Gasteiger partial charge in [0.1, 0.15) is 0 Å². The normalized spacial score (nSPS) is 17.7. The minimum atomic E-state index is 0.612. The molecular formula is C18H38N4O. The summed E-state index contributed by atoms with van der Waals surface area (Å²) >= 11 is 0. The van der Waals surface area contributed by atoms with Gasteiger partial charge < -0.3 is 20.3 Å². The van der Waals surface area contributed by atoms with Gasteiger partial charge in [-0.3, -0.25) is 4.99 Å². The monoisotopic (exact) mass is 326 g/mol. The third kappa shape index (κ3) is 10.6. The topological polar surface area (TPSA) is 48.9 Å². The molecule has 0 aromatic carbocycles. The number of ether oxygens (including phenoxy) is 1. The standard InChI is InChI=1S/C18H38N4O/c1-16(2)15-23-14-6-10-21-18(19-4)20-9-5-11-22-12-7-17(3)8-13-22/h16-17H,5-15H2,1-4H3,(H2,19,20,21). The predicted octanol–water partition coefficient (Wildman–Crippen LogP) is 2.34. The minimum absolute atomic E-state index is 0.612. The first kappa shape index (κ1) is 20.2. The lowest BCUT2D eigenvalue weighted by atomic mass is 9.99. The number of rotatable bonds is 10. The molecule has 0 aromatic heterocycles. The predicted molar refractivity (Wildman–Crippen MR) is 99.1 cm³/mol. The molecule has 0 radical (unpaired) electrons. The van der Waals surface area contributed by atoms with Crippen LogP contribution in [0.15, 0.2) is 4.99 Å². The third-order valence-corrected chi connectivity index (χ3v) is 4.25. The highest BCUT2D eigenvalue weighted by atomic mass is 16.5. The lowest BCUT2D eigenvalue weighted by Gasteiger charge is -2.30. The Labute approximate surface area is 143 Å². The number of nitrogens with zero attached hydrogens (tertiary/aromatic N) is 2. The SMILES string of the molecule is CN=C(NCCCOCC(C)C)NCCCN1CCC(C)CC1. The number of hydrogen-bond donors (Lipinski definition) is 2. The van der Waals surface area contributed by atoms with Gasteiger partial charge in [-0.15, -0.1) is 0 Å². The molecule has 0 atom stereocenters. The molecule has 1 rings (SSSR count). The summed E-state index contributed by atoms with van der Waals surface area (Å²) in [5, 5.41) is 6.75. The fourth-order valence-electron chi connectivity index (χ4n) is 2.72. The number of aliphatic imine (C=N–C) groups is 1. The summed E-state index contributed by atoms with van der Waals surface area (Å²) in [6, 6.07) is 0. The van der Waals surface area contributed by atoms with Crippen LogP contribution in [0.3, 0.4) is 0 Å². The zero-order chi connectivity index (χ0) is 16.9. The third-order valence-electron chi connectivity index (χ3n) is 4.25. The van der Waals surface area contributed by atoms with Crippen LogP contribution in [0.25, 0.3) is 0 Å². The van der Waals surface area contributed by atoms with E-state index >= 15 is 0 Å². The van der Waals surface area contributed by atoms with Crippen LogP contribution in [-0.4, -0.2) is 63.8 Å². The lowest BCUT2D eigenvalue weighted by Crippen LogP contribution is -2.40. The van der Waals surface area contributed by atoms with Gasteiger partial charge in [0.15, 0.2) is 5.96 Å². The van der Waals surface area contributed by atoms with E-state index in [0.29, 0.717) is 5.92 Å². The van der Waals surface area contributed by atoms with E-state index in [2.05, 4.69) is 41.3 Å². The van der Waals surface area contributed by atoms with Crippen LogP contribution in [0.1, 0.15) is 46.5 Å². The van der Waals surface area contributed by atoms with Crippen LogP contribution < -0.4 is 10.6 Å². The zero-order valence-electron chi connectivity index (χ0n) is 15.7. The van der Waals surface area contributed by atoms with Gasteiger partial charge in [-0.1, -0.05) is 20.8 Å². The molecule has 0 bridgehead atoms. The Hall–Kier alpha value is -0.810. The van der Waals surface area contributed by atoms with Crippen molar-refractivity contribution in [2.24, 2.45) is 16.8 Å². The van der Waals surface area contributed by atoms with Crippen molar-refractivity contribution in [2.75, 3.05) is 53.0 Å². The first-order valence-electron chi connectivity index (χ1n) is 9.36. The molecular weight excluding hydrogens is 288 g/mol. The molecule has 1 aliphatic heterocycles. The molecule has 1 heterocycles. The maximum Gasteiger partial charge on any atom is 0.190 e. The van der Waals surface area contributed by atoms with E-state index in [1.807, 2.05) is 7.05 Å². The van der Waals surface area contributed by atoms with Gasteiger partial charge >= 0.3 is 0 Å². The largest absolute Gasteiger partial charge is 0.381 e. The Morgan fingerprint density at radius 3 is 2.43 bits per heavy atom. The van der Waals surface area contributed by atoms with Gasteiger partial charge in [0.25, 0.3) is 0 Å². The van der Waals surface area contributed by atoms with Crippen molar-refractivity contribution in [2.45, 2.75) is 46.5 Å². The van der Waals surface area contributed by atoms with Gasteiger partial charge in [0.05, 0.1) is 0 Å². The van der Waals surface area contributed by atoms with E-state index < -0.39 is 0 Å². The molecule has 2 N–H and O–H groups in total. The summed E-state index contributed by atoms with van der Waals surface area (Å²) in [4.78, 5) is 6.86. The first-order valence-corrected chi connectivity index (χ1v) is 9.36. The molecule has 5 heteroatoms. The molecule has 0 saturated carbocycles. The van der Waals surface area contributed by atoms with Gasteiger partial charge in [0.2, 0.25) is 0 Å². The number of guanidine groups is 1. The van der Waals surface area contributed by atoms with Crippen LogP contribution in [0.5, 0.6) is 0 Å². The molecule has 1 aliphatic rings. The molecule has 0 aromatic rings. The average Bonchev–Trinajstić information content (AvgIpc) is 2.54. The minimum Gasteiger partial charge on any atom is -0.381 e. The highest BCUT2D eigenvalue weighted by Crippen LogP contribution is 2.15. The number of likely N-dealkylation sites (tertiary alicyclic amines) is 1. The quantitative estimate of drug-likeness (QED) is 0.367. The van der Waals surface area contributed by atoms with E-state index in [4.69, 9.17) is 4.74 Å². The molecule has 23 heavy (non-hydrogen) atoms. The molecule has 0 spiro atoms. The maximum atomic E-state index is 5.58. The van der Waals surface area contributed by atoms with Gasteiger partial charge in [-0.2, -0.15) is 0 Å². The number of piperidine rings is 1. The molecule has 0 unspecified atom stereocenters. The van der Waals surface area contributed by atoms with Crippen LogP contribution in [0.2, 0.25) is 0 Å². The number of hydrogen-bond acceptors (Lipinski definition) is 3. The molecule has 1 saturated heterocycles. The summed E-state index contributed by atoms with van der Waals surface area (Å²) in [5.41, 5.74) is 0. The smallest absolute Gasteiger partial charge is 0.190 e. The highest BCUT2D eigenvalue weighted by molar-refractivity contribution is 5.79. The van der Waals surface area contributed by atoms with E-state index in [-0.39, 0.29) is 0 Å². The fraction of sp³-hybridized carbons (Fsp3) is 0.944. The van der Waals surface area contributed by atoms with Crippen molar-refractivity contribution in [3.8, 4) is 0 Å². The summed E-state index contributed by atoms with van der Waals surface area (Å²) < 4.78 is 5.58. The molecule has 136 valence electrons. The van der Waals surface area contributed by atoms with E-state index in [0.717, 1.165) is 44.6 Å². The molecule has 0 amide bonds. The van der Waals surface area contributed by atoms with Crippen molar-refractivity contribution in [1.82, 2.24) is 15.5 Å². The van der Waals surface area contributed by atoms with Crippen LogP contribution >= 0.6 is 0 Å². The number of nitrogens with one attached hydrogen (secondary N) is 2. The van der Waals surface area contributed by atoms with Crippen molar-refractivity contribution < 1.29 is 4.74 Å². The molecule has 0 aliphatic carbocycles. The second kappa shape index (κ2) is 12.6. The van der Waals surface area contributed by atoms with Crippen LogP contribution in [0.4, 0.5) is 0 Å². The van der Waals surface area contributed by atoms with Gasteiger partial charge in [-0.05, 0) is 57.2 Å². The van der Waals surface area contributed by atoms with Crippen molar-refractivity contribution in [3.05, 3.63) is 0 Å². The van der Waals surface area contributed by atoms with E-state index in [1.54, 1.807) is 0 Å². The van der Waals surface area contributed by atoms with Crippen molar-refractivity contribution in [3.63, 3.8) is 0 Å². The maximum absolute atomic E-state index is 5.58. The first-order chi connectivity index (χ1) is 11.1. The Balaban J connectivity index is 1.97. The van der Waals surface area contributed by atoms with E-state index in [1.165, 1.54) is 38.9 Å². The van der Waals surface area contributed by atoms with Gasteiger partial charge in [0, 0.05) is 33.4 Å². The average molecular weight is 327 g/mol. The lowest BCUT2D eigenvalue weighted by molar-refractivity contribution is 0.108. The second-order valence-electron chi connectivity index (χ2n) is 7.13. The molecule has 1 fully saturated rings. The second-order valence-corrected chi connectivity index (χ2v) is 7.13. The Bertz CT molecular complexity index is 312. The van der Waals surface area contributed by atoms with E-state index in [9.17, 15) is 0 Å². The summed E-state index contributed by atoms with van der Waals surface area (Å²) in [5.74, 6) is 2.43. The zero-order valence-corrected chi connectivity index (χ0v) is 15.7. The summed E-state index contributed by atoms with van der Waals surface area (Å²) in [6.45, 7) is 14.0. The van der Waals surface area contributed by atoms with Crippen LogP contribution in [-0.2, 0) is 4.74 Å².